The number of aromatic amines is 1. The number of H-pyrrole nitrogens is 1. The summed E-state index contributed by atoms with van der Waals surface area (Å²) in [6, 6.07) is 16.3. The van der Waals surface area contributed by atoms with Crippen molar-refractivity contribution in [2.24, 2.45) is 0 Å². The molecule has 1 aliphatic rings. The number of fused-ring (bicyclic) bond motifs is 4. The first kappa shape index (κ1) is 13.2. The Hall–Kier alpha value is -3.27. The van der Waals surface area contributed by atoms with E-state index in [1.165, 1.54) is 10.8 Å². The summed E-state index contributed by atoms with van der Waals surface area (Å²) in [7, 11) is 0. The van der Waals surface area contributed by atoms with Crippen LogP contribution in [0.5, 0.6) is 11.5 Å². The molecule has 1 N–H and O–H groups in total. The number of para-hydroxylation sites is 1. The number of rotatable bonds is 2. The van der Waals surface area contributed by atoms with Gasteiger partial charge in [0.15, 0.2) is 11.5 Å². The van der Waals surface area contributed by atoms with Crippen molar-refractivity contribution in [3.8, 4) is 11.5 Å². The van der Waals surface area contributed by atoms with Crippen molar-refractivity contribution < 1.29 is 9.47 Å². The van der Waals surface area contributed by atoms with Gasteiger partial charge in [0.1, 0.15) is 0 Å². The number of ether oxygens (including phenoxy) is 2. The Kier molecular flexibility index (Phi) is 2.82. The van der Waals surface area contributed by atoms with Gasteiger partial charge in [-0.1, -0.05) is 30.3 Å². The average Bonchev–Trinajstić information content (AvgIpc) is 3.24. The maximum Gasteiger partial charge on any atom is 0.231 e. The maximum absolute atomic E-state index is 5.42. The van der Waals surface area contributed by atoms with Crippen LogP contribution in [0.1, 0.15) is 11.3 Å². The molecule has 0 bridgehead atoms. The van der Waals surface area contributed by atoms with Crippen molar-refractivity contribution in [1.29, 1.82) is 0 Å². The van der Waals surface area contributed by atoms with E-state index < -0.39 is 0 Å². The first-order valence-electron chi connectivity index (χ1n) is 7.82. The molecule has 0 fully saturated rings. The van der Waals surface area contributed by atoms with E-state index in [1.807, 2.05) is 48.7 Å². The first-order chi connectivity index (χ1) is 11.9. The molecule has 3 heterocycles. The van der Waals surface area contributed by atoms with Gasteiger partial charge in [-0.3, -0.25) is 4.98 Å². The van der Waals surface area contributed by atoms with Crippen molar-refractivity contribution in [2.75, 3.05) is 6.79 Å². The lowest BCUT2D eigenvalue weighted by Gasteiger charge is -1.99. The van der Waals surface area contributed by atoms with E-state index in [9.17, 15) is 0 Å². The van der Waals surface area contributed by atoms with Crippen LogP contribution in [-0.2, 0) is 0 Å². The molecule has 116 valence electrons. The minimum Gasteiger partial charge on any atom is -0.454 e. The summed E-state index contributed by atoms with van der Waals surface area (Å²) in [5.41, 5.74) is 4.14. The molecule has 4 nitrogen and oxygen atoms in total. The smallest absolute Gasteiger partial charge is 0.231 e. The second-order valence-electron chi connectivity index (χ2n) is 5.74. The van der Waals surface area contributed by atoms with E-state index in [1.54, 1.807) is 0 Å². The normalized spacial score (nSPS) is 13.3. The van der Waals surface area contributed by atoms with Crippen LogP contribution in [0.2, 0.25) is 0 Å². The highest BCUT2D eigenvalue weighted by Crippen LogP contribution is 2.33. The molecule has 0 amide bonds. The number of hydrogen-bond donors (Lipinski definition) is 1. The maximum atomic E-state index is 5.42. The first-order valence-corrected chi connectivity index (χ1v) is 7.82. The monoisotopic (exact) mass is 314 g/mol. The Morgan fingerprint density at radius 2 is 1.83 bits per heavy atom. The van der Waals surface area contributed by atoms with E-state index in [-0.39, 0.29) is 0 Å². The lowest BCUT2D eigenvalue weighted by atomic mass is 10.1. The van der Waals surface area contributed by atoms with Gasteiger partial charge in [0.2, 0.25) is 6.79 Å². The van der Waals surface area contributed by atoms with E-state index in [0.29, 0.717) is 6.79 Å². The zero-order valence-corrected chi connectivity index (χ0v) is 12.8. The summed E-state index contributed by atoms with van der Waals surface area (Å²) < 4.78 is 10.8. The summed E-state index contributed by atoms with van der Waals surface area (Å²) in [6.07, 6.45) is 5.91. The highest BCUT2D eigenvalue weighted by molar-refractivity contribution is 6.09. The number of nitrogens with zero attached hydrogens (tertiary/aromatic N) is 1. The third kappa shape index (κ3) is 2.04. The van der Waals surface area contributed by atoms with Crippen LogP contribution in [0.25, 0.3) is 34.0 Å². The minimum absolute atomic E-state index is 0.290. The number of hydrogen-bond acceptors (Lipinski definition) is 3. The van der Waals surface area contributed by atoms with Gasteiger partial charge >= 0.3 is 0 Å². The van der Waals surface area contributed by atoms with E-state index in [2.05, 4.69) is 28.2 Å². The predicted molar refractivity (Wildman–Crippen MR) is 95.1 cm³/mol. The molecule has 4 heteroatoms. The molecule has 0 atom stereocenters. The van der Waals surface area contributed by atoms with Crippen LogP contribution in [0, 0.1) is 0 Å². The van der Waals surface area contributed by atoms with Crippen LogP contribution in [-0.4, -0.2) is 16.8 Å². The summed E-state index contributed by atoms with van der Waals surface area (Å²) in [6.45, 7) is 0.290. The van der Waals surface area contributed by atoms with E-state index in [0.717, 1.165) is 33.8 Å². The Morgan fingerprint density at radius 1 is 0.917 bits per heavy atom. The quantitative estimate of drug-likeness (QED) is 0.587. The standard InChI is InChI=1S/C20H14N2O2/c1-2-4-16-14(3-1)15-9-10-21-17(20(15)22-16)7-5-13-6-8-18-19(11-13)24-12-23-18/h1-11,22H,12H2/b7-5+. The van der Waals surface area contributed by atoms with E-state index >= 15 is 0 Å². The Bertz CT molecular complexity index is 1100. The average molecular weight is 314 g/mol. The molecule has 24 heavy (non-hydrogen) atoms. The minimum atomic E-state index is 0.290. The van der Waals surface area contributed by atoms with Gasteiger partial charge in [-0.15, -0.1) is 0 Å². The third-order valence-corrected chi connectivity index (χ3v) is 4.29. The lowest BCUT2D eigenvalue weighted by Crippen LogP contribution is -1.92. The molecule has 0 saturated heterocycles. The predicted octanol–water partition coefficient (Wildman–Crippen LogP) is 4.62. The van der Waals surface area contributed by atoms with Gasteiger partial charge in [0.25, 0.3) is 0 Å². The SMILES string of the molecule is C(=C\c1nccc2c1[nH]c1ccccc12)/c1ccc2c(c1)OCO2. The molecule has 0 spiro atoms. The highest BCUT2D eigenvalue weighted by atomic mass is 16.7. The molecule has 2 aromatic carbocycles. The molecule has 0 aliphatic carbocycles. The van der Waals surface area contributed by atoms with Gasteiger partial charge in [0, 0.05) is 22.5 Å². The van der Waals surface area contributed by atoms with Gasteiger partial charge in [0.05, 0.1) is 11.2 Å². The zero-order valence-electron chi connectivity index (χ0n) is 12.8. The number of aromatic nitrogens is 2. The number of benzene rings is 2. The molecular weight excluding hydrogens is 300 g/mol. The molecule has 0 saturated carbocycles. The molecule has 4 aromatic rings. The largest absolute Gasteiger partial charge is 0.454 e. The molecule has 2 aromatic heterocycles. The summed E-state index contributed by atoms with van der Waals surface area (Å²) in [5.74, 6) is 1.58. The summed E-state index contributed by atoms with van der Waals surface area (Å²) in [4.78, 5) is 7.98. The Morgan fingerprint density at radius 3 is 2.83 bits per heavy atom. The number of pyridine rings is 1. The third-order valence-electron chi connectivity index (χ3n) is 4.29. The fourth-order valence-electron chi connectivity index (χ4n) is 3.11. The van der Waals surface area contributed by atoms with Crippen molar-refractivity contribution in [1.82, 2.24) is 9.97 Å². The van der Waals surface area contributed by atoms with Crippen molar-refractivity contribution >= 4 is 34.0 Å². The summed E-state index contributed by atoms with van der Waals surface area (Å²) in [5, 5.41) is 2.40. The van der Waals surface area contributed by atoms with Gasteiger partial charge in [-0.05, 0) is 35.9 Å². The second-order valence-corrected chi connectivity index (χ2v) is 5.74. The van der Waals surface area contributed by atoms with Gasteiger partial charge in [-0.25, -0.2) is 0 Å². The van der Waals surface area contributed by atoms with Crippen molar-refractivity contribution in [3.63, 3.8) is 0 Å². The van der Waals surface area contributed by atoms with Gasteiger partial charge < -0.3 is 14.5 Å². The Labute approximate surface area is 138 Å². The topological polar surface area (TPSA) is 47.1 Å². The van der Waals surface area contributed by atoms with Crippen molar-refractivity contribution in [3.05, 3.63) is 66.0 Å². The van der Waals surface area contributed by atoms with Crippen LogP contribution < -0.4 is 9.47 Å². The lowest BCUT2D eigenvalue weighted by molar-refractivity contribution is 0.174. The molecule has 5 rings (SSSR count). The highest BCUT2D eigenvalue weighted by Gasteiger charge is 2.12. The van der Waals surface area contributed by atoms with Crippen molar-refractivity contribution in [2.45, 2.75) is 0 Å². The van der Waals surface area contributed by atoms with Crippen LogP contribution >= 0.6 is 0 Å². The zero-order chi connectivity index (χ0) is 15.9. The molecule has 0 radical (unpaired) electrons. The van der Waals surface area contributed by atoms with E-state index in [4.69, 9.17) is 9.47 Å². The van der Waals surface area contributed by atoms with Crippen LogP contribution in [0.4, 0.5) is 0 Å². The van der Waals surface area contributed by atoms with Gasteiger partial charge in [-0.2, -0.15) is 0 Å². The second kappa shape index (κ2) is 5.13. The fourth-order valence-corrected chi connectivity index (χ4v) is 3.11. The van der Waals surface area contributed by atoms with Crippen LogP contribution in [0.3, 0.4) is 0 Å². The summed E-state index contributed by atoms with van der Waals surface area (Å²) >= 11 is 0. The molecular formula is C20H14N2O2. The Balaban J connectivity index is 1.59. The molecule has 1 aliphatic heterocycles. The van der Waals surface area contributed by atoms with Crippen LogP contribution in [0.15, 0.2) is 54.7 Å². The number of nitrogens with one attached hydrogen (secondary N) is 1. The fraction of sp³-hybridized carbons (Fsp3) is 0.0500. The molecule has 0 unspecified atom stereocenters.